The van der Waals surface area contributed by atoms with Gasteiger partial charge in [0.05, 0.1) is 5.57 Å². The van der Waals surface area contributed by atoms with Crippen molar-refractivity contribution >= 4 is 5.97 Å². The first-order valence-electron chi connectivity index (χ1n) is 5.18. The molecule has 0 heterocycles. The third-order valence-corrected chi connectivity index (χ3v) is 3.08. The Bertz CT molecular complexity index is 344. The molecule has 0 aromatic carbocycles. The summed E-state index contributed by atoms with van der Waals surface area (Å²) in [4.78, 5) is 11.0. The van der Waals surface area contributed by atoms with Gasteiger partial charge in [0, 0.05) is 5.92 Å². The molecule has 1 N–H and O–H groups in total. The second-order valence-corrected chi connectivity index (χ2v) is 4.99. The van der Waals surface area contributed by atoms with E-state index in [2.05, 4.69) is 32.7 Å². The Kier molecular flexibility index (Phi) is 3.21. The maximum Gasteiger partial charge on any atom is 0.340 e. The number of carbonyl (C=O) groups is 1. The largest absolute Gasteiger partial charge is 0.477 e. The van der Waals surface area contributed by atoms with Gasteiger partial charge >= 0.3 is 5.97 Å². The highest BCUT2D eigenvalue weighted by Gasteiger charge is 2.33. The van der Waals surface area contributed by atoms with Crippen LogP contribution in [0.2, 0.25) is 0 Å². The van der Waals surface area contributed by atoms with Crippen LogP contribution in [0, 0.1) is 11.3 Å². The maximum atomic E-state index is 11.0. The highest BCUT2D eigenvalue weighted by Crippen LogP contribution is 2.43. The van der Waals surface area contributed by atoms with E-state index in [9.17, 15) is 4.79 Å². The molecule has 2 heteroatoms. The van der Waals surface area contributed by atoms with Crippen LogP contribution >= 0.6 is 0 Å². The molecule has 0 saturated heterocycles. The Morgan fingerprint density at radius 3 is 2.60 bits per heavy atom. The maximum absolute atomic E-state index is 11.0. The zero-order valence-corrected chi connectivity index (χ0v) is 9.47. The normalized spacial score (nSPS) is 24.4. The van der Waals surface area contributed by atoms with Crippen molar-refractivity contribution in [3.63, 3.8) is 0 Å². The third kappa shape index (κ3) is 2.60. The SMILES string of the molecule is C=C=C(C(=O)O)C1CCC(C)(C)CC1=C. The van der Waals surface area contributed by atoms with E-state index >= 15 is 0 Å². The molecule has 1 rings (SSSR count). The number of rotatable bonds is 2. The number of carboxylic acids is 1. The molecule has 15 heavy (non-hydrogen) atoms. The van der Waals surface area contributed by atoms with E-state index in [0.29, 0.717) is 0 Å². The van der Waals surface area contributed by atoms with Gasteiger partial charge in [-0.25, -0.2) is 4.79 Å². The van der Waals surface area contributed by atoms with Gasteiger partial charge in [-0.05, 0) is 24.7 Å². The monoisotopic (exact) mass is 206 g/mol. The molecule has 0 amide bonds. The molecule has 1 aliphatic carbocycles. The van der Waals surface area contributed by atoms with Crippen molar-refractivity contribution < 1.29 is 9.90 Å². The Morgan fingerprint density at radius 1 is 1.60 bits per heavy atom. The summed E-state index contributed by atoms with van der Waals surface area (Å²) in [5.74, 6) is -0.983. The molecule has 0 aromatic heterocycles. The first kappa shape index (κ1) is 11.8. The van der Waals surface area contributed by atoms with Crippen LogP contribution < -0.4 is 0 Å². The molecule has 1 atom stereocenters. The Morgan fingerprint density at radius 2 is 2.20 bits per heavy atom. The molecule has 1 aliphatic rings. The number of hydrogen-bond donors (Lipinski definition) is 1. The molecule has 1 fully saturated rings. The summed E-state index contributed by atoms with van der Waals surface area (Å²) in [6.45, 7) is 11.8. The topological polar surface area (TPSA) is 37.3 Å². The lowest BCUT2D eigenvalue weighted by molar-refractivity contribution is -0.133. The predicted octanol–water partition coefficient (Wildman–Crippen LogP) is 3.16. The van der Waals surface area contributed by atoms with E-state index in [1.54, 1.807) is 0 Å². The van der Waals surface area contributed by atoms with E-state index in [1.165, 1.54) is 0 Å². The molecular weight excluding hydrogens is 188 g/mol. The summed E-state index contributed by atoms with van der Waals surface area (Å²) in [7, 11) is 0. The van der Waals surface area contributed by atoms with Crippen molar-refractivity contribution in [3.8, 4) is 0 Å². The minimum atomic E-state index is -0.921. The highest BCUT2D eigenvalue weighted by molar-refractivity contribution is 5.87. The molecule has 1 saturated carbocycles. The summed E-state index contributed by atoms with van der Waals surface area (Å²) < 4.78 is 0. The summed E-state index contributed by atoms with van der Waals surface area (Å²) in [5.41, 5.74) is 4.06. The Hall–Kier alpha value is -1.27. The van der Waals surface area contributed by atoms with E-state index in [4.69, 9.17) is 5.11 Å². The lowest BCUT2D eigenvalue weighted by atomic mass is 9.69. The van der Waals surface area contributed by atoms with Crippen molar-refractivity contribution in [1.82, 2.24) is 0 Å². The second-order valence-electron chi connectivity index (χ2n) is 4.99. The highest BCUT2D eigenvalue weighted by atomic mass is 16.4. The predicted molar refractivity (Wildman–Crippen MR) is 60.6 cm³/mol. The van der Waals surface area contributed by atoms with Crippen LogP contribution in [-0.2, 0) is 4.79 Å². The smallest absolute Gasteiger partial charge is 0.340 e. The fourth-order valence-corrected chi connectivity index (χ4v) is 2.26. The van der Waals surface area contributed by atoms with Crippen molar-refractivity contribution in [2.24, 2.45) is 11.3 Å². The summed E-state index contributed by atoms with van der Waals surface area (Å²) in [5, 5.41) is 8.99. The molecular formula is C13H18O2. The van der Waals surface area contributed by atoms with Crippen molar-refractivity contribution in [2.45, 2.75) is 33.1 Å². The van der Waals surface area contributed by atoms with Crippen LogP contribution in [0.5, 0.6) is 0 Å². The van der Waals surface area contributed by atoms with Crippen LogP contribution in [-0.4, -0.2) is 11.1 Å². The van der Waals surface area contributed by atoms with Crippen LogP contribution in [0.25, 0.3) is 0 Å². The lowest BCUT2D eigenvalue weighted by Gasteiger charge is -2.36. The summed E-state index contributed by atoms with van der Waals surface area (Å²) in [6.07, 6.45) is 2.75. The average Bonchev–Trinajstić information content (AvgIpc) is 2.08. The number of allylic oxidation sites excluding steroid dienone is 1. The first-order valence-corrected chi connectivity index (χ1v) is 5.18. The second kappa shape index (κ2) is 4.08. The summed E-state index contributed by atoms with van der Waals surface area (Å²) in [6, 6.07) is 0. The van der Waals surface area contributed by atoms with Crippen LogP contribution in [0.15, 0.2) is 30.0 Å². The van der Waals surface area contributed by atoms with Crippen LogP contribution in [0.1, 0.15) is 33.1 Å². The zero-order valence-electron chi connectivity index (χ0n) is 9.47. The first-order chi connectivity index (χ1) is 6.87. The van der Waals surface area contributed by atoms with Gasteiger partial charge in [-0.2, -0.15) is 0 Å². The van der Waals surface area contributed by atoms with Crippen LogP contribution in [0.3, 0.4) is 0 Å². The fraction of sp³-hybridized carbons (Fsp3) is 0.538. The Balaban J connectivity index is 2.88. The van der Waals surface area contributed by atoms with Gasteiger partial charge in [0.2, 0.25) is 0 Å². The molecule has 0 aromatic rings. The molecule has 0 aliphatic heterocycles. The average molecular weight is 206 g/mol. The fourth-order valence-electron chi connectivity index (χ4n) is 2.26. The molecule has 1 unspecified atom stereocenters. The standard InChI is InChI=1S/C13H18O2/c1-5-10(12(14)15)11-6-7-13(3,4)8-9(11)2/h11H,1-2,6-8H2,3-4H3,(H,14,15). The summed E-state index contributed by atoms with van der Waals surface area (Å²) >= 11 is 0. The van der Waals surface area contributed by atoms with E-state index < -0.39 is 5.97 Å². The molecule has 2 nitrogen and oxygen atoms in total. The Labute approximate surface area is 91.0 Å². The number of aliphatic carboxylic acids is 1. The van der Waals surface area contributed by atoms with Gasteiger partial charge in [0.15, 0.2) is 0 Å². The quantitative estimate of drug-likeness (QED) is 0.428. The minimum absolute atomic E-state index is 0.0620. The van der Waals surface area contributed by atoms with Gasteiger partial charge in [0.25, 0.3) is 0 Å². The van der Waals surface area contributed by atoms with E-state index in [0.717, 1.165) is 24.8 Å². The van der Waals surface area contributed by atoms with Gasteiger partial charge in [-0.15, -0.1) is 5.73 Å². The molecule has 0 bridgehead atoms. The van der Waals surface area contributed by atoms with E-state index in [-0.39, 0.29) is 16.9 Å². The minimum Gasteiger partial charge on any atom is -0.477 e. The van der Waals surface area contributed by atoms with Gasteiger partial charge < -0.3 is 5.11 Å². The number of carboxylic acid groups (broad SMARTS) is 1. The van der Waals surface area contributed by atoms with Gasteiger partial charge in [0.1, 0.15) is 0 Å². The van der Waals surface area contributed by atoms with Crippen molar-refractivity contribution in [2.75, 3.05) is 0 Å². The molecule has 0 radical (unpaired) electrons. The molecule has 82 valence electrons. The zero-order chi connectivity index (χ0) is 11.6. The van der Waals surface area contributed by atoms with Crippen molar-refractivity contribution in [3.05, 3.63) is 30.0 Å². The third-order valence-electron chi connectivity index (χ3n) is 3.08. The van der Waals surface area contributed by atoms with Gasteiger partial charge in [-0.3, -0.25) is 0 Å². The van der Waals surface area contributed by atoms with Crippen LogP contribution in [0.4, 0.5) is 0 Å². The van der Waals surface area contributed by atoms with Gasteiger partial charge in [-0.1, -0.05) is 32.6 Å². The molecule has 0 spiro atoms. The number of hydrogen-bond acceptors (Lipinski definition) is 1. The lowest BCUT2D eigenvalue weighted by Crippen LogP contribution is -2.26. The van der Waals surface area contributed by atoms with E-state index in [1.807, 2.05) is 0 Å². The van der Waals surface area contributed by atoms with Crippen molar-refractivity contribution in [1.29, 1.82) is 0 Å².